The second-order valence-corrected chi connectivity index (χ2v) is 7.25. The van der Waals surface area contributed by atoms with E-state index >= 15 is 0 Å². The Morgan fingerprint density at radius 2 is 2.14 bits per heavy atom. The number of thiophene rings is 2. The Morgan fingerprint density at radius 1 is 1.24 bits per heavy atom. The van der Waals surface area contributed by atoms with E-state index in [2.05, 4.69) is 22.8 Å². The molecule has 1 aliphatic rings. The Labute approximate surface area is 134 Å². The van der Waals surface area contributed by atoms with E-state index in [4.69, 9.17) is 16.3 Å². The van der Waals surface area contributed by atoms with Crippen molar-refractivity contribution in [2.45, 2.75) is 5.38 Å². The standard InChI is InChI=1S/C15H10ClNO2S2/c16-15(13-6-12-11(21-13)3-4-20-12)8-1-2-10-9(5-8)17-14(18)7-19-10/h1-6,15H,7H2,(H,17,18). The molecular formula is C15H10ClNO2S2. The second-order valence-electron chi connectivity index (χ2n) is 4.75. The first kappa shape index (κ1) is 13.1. The molecule has 0 bridgehead atoms. The zero-order valence-electron chi connectivity index (χ0n) is 10.8. The van der Waals surface area contributed by atoms with Gasteiger partial charge in [0.15, 0.2) is 6.61 Å². The molecule has 3 aromatic rings. The monoisotopic (exact) mass is 335 g/mol. The Kier molecular flexibility index (Phi) is 3.14. The van der Waals surface area contributed by atoms with Crippen molar-refractivity contribution in [2.24, 2.45) is 0 Å². The van der Waals surface area contributed by atoms with Gasteiger partial charge < -0.3 is 10.1 Å². The van der Waals surface area contributed by atoms with Crippen LogP contribution in [-0.2, 0) is 4.79 Å². The van der Waals surface area contributed by atoms with Crippen LogP contribution in [0.25, 0.3) is 9.40 Å². The lowest BCUT2D eigenvalue weighted by atomic mass is 10.1. The summed E-state index contributed by atoms with van der Waals surface area (Å²) in [5, 5.41) is 4.67. The second kappa shape index (κ2) is 5.02. The van der Waals surface area contributed by atoms with Crippen LogP contribution in [0, 0.1) is 0 Å². The number of ether oxygens (including phenoxy) is 1. The lowest BCUT2D eigenvalue weighted by Gasteiger charge is -2.19. The number of carbonyl (C=O) groups is 1. The van der Waals surface area contributed by atoms with Gasteiger partial charge in [-0.15, -0.1) is 34.3 Å². The Bertz CT molecular complexity index is 811. The van der Waals surface area contributed by atoms with Crippen LogP contribution < -0.4 is 10.1 Å². The summed E-state index contributed by atoms with van der Waals surface area (Å²) in [6.45, 7) is 0.0673. The number of amides is 1. The number of benzene rings is 1. The number of halogens is 1. The fraction of sp³-hybridized carbons (Fsp3) is 0.133. The molecule has 6 heteroatoms. The summed E-state index contributed by atoms with van der Waals surface area (Å²) >= 11 is 10.0. The molecule has 21 heavy (non-hydrogen) atoms. The average molecular weight is 336 g/mol. The predicted molar refractivity (Wildman–Crippen MR) is 88.0 cm³/mol. The van der Waals surface area contributed by atoms with Crippen LogP contribution in [-0.4, -0.2) is 12.5 Å². The summed E-state index contributed by atoms with van der Waals surface area (Å²) in [5.41, 5.74) is 1.64. The van der Waals surface area contributed by atoms with E-state index in [1.165, 1.54) is 9.40 Å². The Balaban J connectivity index is 1.70. The summed E-state index contributed by atoms with van der Waals surface area (Å²) in [7, 11) is 0. The van der Waals surface area contributed by atoms with Gasteiger partial charge in [-0.1, -0.05) is 6.07 Å². The minimum atomic E-state index is -0.223. The van der Waals surface area contributed by atoms with Gasteiger partial charge in [0.1, 0.15) is 5.75 Å². The highest BCUT2D eigenvalue weighted by molar-refractivity contribution is 7.27. The van der Waals surface area contributed by atoms with Crippen LogP contribution in [0.3, 0.4) is 0 Å². The molecule has 0 spiro atoms. The summed E-state index contributed by atoms with van der Waals surface area (Å²) in [5.74, 6) is 0.553. The van der Waals surface area contributed by atoms with Crippen LogP contribution in [0.2, 0.25) is 0 Å². The molecule has 1 amide bonds. The number of fused-ring (bicyclic) bond motifs is 2. The van der Waals surface area contributed by atoms with Crippen molar-refractivity contribution in [3.8, 4) is 5.75 Å². The fourth-order valence-electron chi connectivity index (χ4n) is 2.33. The molecule has 1 N–H and O–H groups in total. The van der Waals surface area contributed by atoms with Crippen LogP contribution in [0.1, 0.15) is 15.8 Å². The molecular weight excluding hydrogens is 326 g/mol. The zero-order chi connectivity index (χ0) is 14.4. The number of hydrogen-bond acceptors (Lipinski definition) is 4. The van der Waals surface area contributed by atoms with Gasteiger partial charge in [0.2, 0.25) is 0 Å². The van der Waals surface area contributed by atoms with Gasteiger partial charge >= 0.3 is 0 Å². The van der Waals surface area contributed by atoms with Crippen molar-refractivity contribution in [2.75, 3.05) is 11.9 Å². The minimum Gasteiger partial charge on any atom is -0.482 e. The summed E-state index contributed by atoms with van der Waals surface area (Å²) in [4.78, 5) is 12.5. The first-order chi connectivity index (χ1) is 10.2. The maximum Gasteiger partial charge on any atom is 0.262 e. The molecule has 3 heterocycles. The highest BCUT2D eigenvalue weighted by Crippen LogP contribution is 2.41. The highest BCUT2D eigenvalue weighted by Gasteiger charge is 2.20. The van der Waals surface area contributed by atoms with Gasteiger partial charge in [-0.3, -0.25) is 4.79 Å². The third kappa shape index (κ3) is 2.31. The molecule has 0 aliphatic carbocycles. The lowest BCUT2D eigenvalue weighted by molar-refractivity contribution is -0.118. The van der Waals surface area contributed by atoms with Gasteiger partial charge in [0, 0.05) is 14.3 Å². The summed E-state index contributed by atoms with van der Waals surface area (Å²) < 4.78 is 7.88. The Hall–Kier alpha value is -1.56. The molecule has 0 saturated carbocycles. The minimum absolute atomic E-state index is 0.0673. The first-order valence-corrected chi connectivity index (χ1v) is 8.51. The molecule has 0 fully saturated rings. The average Bonchev–Trinajstić information content (AvgIpc) is 3.06. The van der Waals surface area contributed by atoms with Gasteiger partial charge in [0.25, 0.3) is 5.91 Å². The maximum absolute atomic E-state index is 11.4. The van der Waals surface area contributed by atoms with Gasteiger partial charge in [-0.2, -0.15) is 0 Å². The van der Waals surface area contributed by atoms with E-state index in [0.717, 1.165) is 10.4 Å². The summed E-state index contributed by atoms with van der Waals surface area (Å²) in [6.07, 6.45) is 0. The van der Waals surface area contributed by atoms with Crippen molar-refractivity contribution in [3.63, 3.8) is 0 Å². The predicted octanol–water partition coefficient (Wildman–Crippen LogP) is 4.62. The van der Waals surface area contributed by atoms with Crippen molar-refractivity contribution in [1.29, 1.82) is 0 Å². The highest BCUT2D eigenvalue weighted by atomic mass is 35.5. The third-order valence-electron chi connectivity index (χ3n) is 3.34. The summed E-state index contributed by atoms with van der Waals surface area (Å²) in [6, 6.07) is 9.94. The van der Waals surface area contributed by atoms with Crippen molar-refractivity contribution in [1.82, 2.24) is 0 Å². The van der Waals surface area contributed by atoms with Gasteiger partial charge in [-0.05, 0) is 35.2 Å². The van der Waals surface area contributed by atoms with E-state index in [-0.39, 0.29) is 17.9 Å². The van der Waals surface area contributed by atoms with E-state index in [1.807, 2.05) is 18.2 Å². The normalized spacial score (nSPS) is 15.4. The molecule has 0 saturated heterocycles. The zero-order valence-corrected chi connectivity index (χ0v) is 13.1. The lowest BCUT2D eigenvalue weighted by Crippen LogP contribution is -2.25. The molecule has 0 radical (unpaired) electrons. The molecule has 4 rings (SSSR count). The topological polar surface area (TPSA) is 38.3 Å². The fourth-order valence-corrected chi connectivity index (χ4v) is 4.79. The van der Waals surface area contributed by atoms with Crippen LogP contribution in [0.15, 0.2) is 35.7 Å². The number of nitrogens with one attached hydrogen (secondary N) is 1. The van der Waals surface area contributed by atoms with Crippen LogP contribution in [0.5, 0.6) is 5.75 Å². The maximum atomic E-state index is 11.4. The van der Waals surface area contributed by atoms with E-state index in [9.17, 15) is 4.79 Å². The third-order valence-corrected chi connectivity index (χ3v) is 6.11. The molecule has 3 nitrogen and oxygen atoms in total. The molecule has 1 aromatic carbocycles. The van der Waals surface area contributed by atoms with Crippen molar-refractivity contribution < 1.29 is 9.53 Å². The number of hydrogen-bond donors (Lipinski definition) is 1. The van der Waals surface area contributed by atoms with Gasteiger partial charge in [0.05, 0.1) is 11.1 Å². The SMILES string of the molecule is O=C1COc2ccc(C(Cl)c3cc4sccc4s3)cc2N1. The molecule has 1 atom stereocenters. The quantitative estimate of drug-likeness (QED) is 0.694. The molecule has 2 aromatic heterocycles. The first-order valence-electron chi connectivity index (χ1n) is 6.38. The number of rotatable bonds is 2. The molecule has 1 unspecified atom stereocenters. The molecule has 1 aliphatic heterocycles. The number of anilines is 1. The van der Waals surface area contributed by atoms with Gasteiger partial charge in [-0.25, -0.2) is 0 Å². The van der Waals surface area contributed by atoms with Crippen molar-refractivity contribution >= 4 is 55.3 Å². The van der Waals surface area contributed by atoms with E-state index < -0.39 is 0 Å². The van der Waals surface area contributed by atoms with Crippen LogP contribution in [0.4, 0.5) is 5.69 Å². The molecule has 106 valence electrons. The van der Waals surface area contributed by atoms with Crippen LogP contribution >= 0.6 is 34.3 Å². The largest absolute Gasteiger partial charge is 0.482 e. The van der Waals surface area contributed by atoms with Crippen molar-refractivity contribution in [3.05, 3.63) is 46.2 Å². The van der Waals surface area contributed by atoms with E-state index in [0.29, 0.717) is 11.4 Å². The Morgan fingerprint density at radius 3 is 3.00 bits per heavy atom. The number of carbonyl (C=O) groups excluding carboxylic acids is 1. The smallest absolute Gasteiger partial charge is 0.262 e. The number of alkyl halides is 1. The van der Waals surface area contributed by atoms with E-state index in [1.54, 1.807) is 22.7 Å².